The predicted octanol–water partition coefficient (Wildman–Crippen LogP) is 13.1. The number of pyridine rings is 1. The average molecular weight is 641 g/mol. The summed E-state index contributed by atoms with van der Waals surface area (Å²) in [6, 6.07) is 64.3. The van der Waals surface area contributed by atoms with Gasteiger partial charge in [-0.25, -0.2) is 0 Å². The van der Waals surface area contributed by atoms with Crippen molar-refractivity contribution in [2.24, 2.45) is 0 Å². The third-order valence-corrected chi connectivity index (χ3v) is 9.41. The Balaban J connectivity index is 1.17. The number of hydrogen-bond acceptors (Lipinski definition) is 3. The van der Waals surface area contributed by atoms with Crippen molar-refractivity contribution in [3.05, 3.63) is 194 Å². The van der Waals surface area contributed by atoms with Gasteiger partial charge in [-0.05, 0) is 63.2 Å². The molecule has 7 aromatic carbocycles. The van der Waals surface area contributed by atoms with Crippen molar-refractivity contribution in [2.75, 3.05) is 4.90 Å². The van der Waals surface area contributed by atoms with Gasteiger partial charge in [-0.2, -0.15) is 0 Å². The Morgan fingerprint density at radius 3 is 1.46 bits per heavy atom. The minimum absolute atomic E-state index is 0.758. The Bertz CT molecular complexity index is 2550. The van der Waals surface area contributed by atoms with Crippen LogP contribution in [0.5, 0.6) is 0 Å². The zero-order chi connectivity index (χ0) is 33.3. The van der Waals surface area contributed by atoms with Crippen LogP contribution in [0.2, 0.25) is 0 Å². The van der Waals surface area contributed by atoms with E-state index in [4.69, 9.17) is 9.40 Å². The van der Waals surface area contributed by atoms with E-state index in [1.807, 2.05) is 30.6 Å². The Hall–Kier alpha value is -6.71. The van der Waals surface area contributed by atoms with E-state index in [1.165, 1.54) is 27.8 Å². The molecule has 9 aromatic rings. The molecule has 2 heterocycles. The fourth-order valence-corrected chi connectivity index (χ4v) is 6.91. The Morgan fingerprint density at radius 1 is 0.360 bits per heavy atom. The normalized spacial score (nSPS) is 11.2. The zero-order valence-corrected chi connectivity index (χ0v) is 27.3. The van der Waals surface area contributed by atoms with Crippen molar-refractivity contribution in [1.29, 1.82) is 0 Å². The van der Waals surface area contributed by atoms with E-state index in [0.717, 1.165) is 55.7 Å². The smallest absolute Gasteiger partial charge is 0.155 e. The van der Waals surface area contributed by atoms with Gasteiger partial charge in [0.2, 0.25) is 0 Å². The van der Waals surface area contributed by atoms with E-state index < -0.39 is 0 Å². The molecule has 0 aliphatic heterocycles. The summed E-state index contributed by atoms with van der Waals surface area (Å²) in [4.78, 5) is 7.01. The van der Waals surface area contributed by atoms with Gasteiger partial charge < -0.3 is 9.32 Å². The highest BCUT2D eigenvalue weighted by Gasteiger charge is 2.22. The Labute approximate surface area is 291 Å². The Kier molecular flexibility index (Phi) is 7.49. The third kappa shape index (κ3) is 5.41. The highest BCUT2D eigenvalue weighted by atomic mass is 16.3. The Morgan fingerprint density at radius 2 is 0.840 bits per heavy atom. The molecule has 0 fully saturated rings. The molecule has 0 saturated heterocycles. The molecule has 236 valence electrons. The summed E-state index contributed by atoms with van der Waals surface area (Å²) in [6.07, 6.45) is 3.77. The molecular weight excluding hydrogens is 609 g/mol. The number of anilines is 3. The van der Waals surface area contributed by atoms with Crippen LogP contribution in [0.3, 0.4) is 0 Å². The standard InChI is InChI=1S/C47H32N2O/c1-3-11-33(12-4-1)35-19-21-37(22-20-35)38-27-29-40(30-28-38)49(44-31-48-32-46-47(44)42-16-8-10-18-45(42)50-46)43-17-9-7-15-41(43)39-25-23-36(24-26-39)34-13-5-2-6-14-34/h1-32H. The fourth-order valence-electron chi connectivity index (χ4n) is 6.91. The van der Waals surface area contributed by atoms with Gasteiger partial charge in [0.1, 0.15) is 5.58 Å². The molecule has 3 heteroatoms. The van der Waals surface area contributed by atoms with E-state index in [2.05, 4.69) is 169 Å². The van der Waals surface area contributed by atoms with Crippen molar-refractivity contribution in [3.8, 4) is 44.5 Å². The molecule has 0 saturated carbocycles. The lowest BCUT2D eigenvalue weighted by Crippen LogP contribution is -2.12. The summed E-state index contributed by atoms with van der Waals surface area (Å²) in [6.45, 7) is 0. The first-order chi connectivity index (χ1) is 24.8. The molecule has 0 spiro atoms. The highest BCUT2D eigenvalue weighted by molar-refractivity contribution is 6.13. The van der Waals surface area contributed by atoms with Gasteiger partial charge in [0.05, 0.1) is 29.2 Å². The van der Waals surface area contributed by atoms with E-state index in [0.29, 0.717) is 0 Å². The molecule has 2 aromatic heterocycles. The van der Waals surface area contributed by atoms with Gasteiger partial charge in [-0.1, -0.05) is 158 Å². The molecular formula is C47H32N2O. The fraction of sp³-hybridized carbons (Fsp3) is 0. The SMILES string of the molecule is c1ccc(-c2ccc(-c3ccc(N(c4ccccc4-c4ccc(-c5ccccc5)cc4)c4cncc5oc6ccccc6c45)cc3)cc2)cc1. The van der Waals surface area contributed by atoms with Crippen LogP contribution in [-0.2, 0) is 0 Å². The van der Waals surface area contributed by atoms with Crippen molar-refractivity contribution < 1.29 is 4.42 Å². The molecule has 0 aliphatic carbocycles. The molecule has 0 N–H and O–H groups in total. The molecule has 9 rings (SSSR count). The van der Waals surface area contributed by atoms with Crippen LogP contribution in [0.25, 0.3) is 66.4 Å². The van der Waals surface area contributed by atoms with Crippen LogP contribution < -0.4 is 4.90 Å². The largest absolute Gasteiger partial charge is 0.454 e. The lowest BCUT2D eigenvalue weighted by Gasteiger charge is -2.28. The summed E-state index contributed by atoms with van der Waals surface area (Å²) in [5.74, 6) is 0. The summed E-state index contributed by atoms with van der Waals surface area (Å²) in [5, 5.41) is 2.09. The van der Waals surface area contributed by atoms with Gasteiger partial charge in [-0.15, -0.1) is 0 Å². The molecule has 0 atom stereocenters. The first-order valence-electron chi connectivity index (χ1n) is 16.9. The van der Waals surface area contributed by atoms with Crippen LogP contribution in [-0.4, -0.2) is 4.98 Å². The van der Waals surface area contributed by atoms with E-state index in [9.17, 15) is 0 Å². The predicted molar refractivity (Wildman–Crippen MR) is 208 cm³/mol. The zero-order valence-electron chi connectivity index (χ0n) is 27.3. The van der Waals surface area contributed by atoms with E-state index >= 15 is 0 Å². The molecule has 3 nitrogen and oxygen atoms in total. The second-order valence-electron chi connectivity index (χ2n) is 12.4. The second-order valence-corrected chi connectivity index (χ2v) is 12.4. The topological polar surface area (TPSA) is 29.3 Å². The van der Waals surface area contributed by atoms with Crippen LogP contribution in [0, 0.1) is 0 Å². The lowest BCUT2D eigenvalue weighted by atomic mass is 9.97. The molecule has 50 heavy (non-hydrogen) atoms. The third-order valence-electron chi connectivity index (χ3n) is 9.41. The summed E-state index contributed by atoms with van der Waals surface area (Å²) < 4.78 is 6.31. The number of hydrogen-bond donors (Lipinski definition) is 0. The molecule has 0 bridgehead atoms. The van der Waals surface area contributed by atoms with Crippen LogP contribution in [0.4, 0.5) is 17.1 Å². The quantitative estimate of drug-likeness (QED) is 0.174. The number of aromatic nitrogens is 1. The first kappa shape index (κ1) is 29.4. The van der Waals surface area contributed by atoms with Crippen LogP contribution in [0.1, 0.15) is 0 Å². The van der Waals surface area contributed by atoms with E-state index in [1.54, 1.807) is 0 Å². The van der Waals surface area contributed by atoms with Crippen LogP contribution >= 0.6 is 0 Å². The molecule has 0 radical (unpaired) electrons. The van der Waals surface area contributed by atoms with Crippen LogP contribution in [0.15, 0.2) is 199 Å². The lowest BCUT2D eigenvalue weighted by molar-refractivity contribution is 0.667. The number of para-hydroxylation sites is 2. The van der Waals surface area contributed by atoms with Gasteiger partial charge in [0.15, 0.2) is 5.58 Å². The minimum atomic E-state index is 0.758. The average Bonchev–Trinajstić information content (AvgIpc) is 3.59. The maximum absolute atomic E-state index is 6.31. The van der Waals surface area contributed by atoms with Crippen molar-refractivity contribution in [1.82, 2.24) is 4.98 Å². The number of benzene rings is 7. The molecule has 0 aliphatic rings. The molecule has 0 amide bonds. The summed E-state index contributed by atoms with van der Waals surface area (Å²) in [7, 11) is 0. The van der Waals surface area contributed by atoms with Crippen molar-refractivity contribution in [2.45, 2.75) is 0 Å². The van der Waals surface area contributed by atoms with Crippen molar-refractivity contribution in [3.63, 3.8) is 0 Å². The number of nitrogens with zero attached hydrogens (tertiary/aromatic N) is 2. The number of fused-ring (bicyclic) bond motifs is 3. The second kappa shape index (κ2) is 12.7. The maximum atomic E-state index is 6.31. The molecule has 0 unspecified atom stereocenters. The summed E-state index contributed by atoms with van der Waals surface area (Å²) in [5.41, 5.74) is 14.0. The maximum Gasteiger partial charge on any atom is 0.155 e. The highest BCUT2D eigenvalue weighted by Crippen LogP contribution is 2.45. The monoisotopic (exact) mass is 640 g/mol. The van der Waals surface area contributed by atoms with Gasteiger partial charge in [-0.3, -0.25) is 4.98 Å². The van der Waals surface area contributed by atoms with E-state index in [-0.39, 0.29) is 0 Å². The summed E-state index contributed by atoms with van der Waals surface area (Å²) >= 11 is 0. The van der Waals surface area contributed by atoms with Crippen molar-refractivity contribution >= 4 is 39.0 Å². The van der Waals surface area contributed by atoms with Gasteiger partial charge in [0, 0.05) is 16.6 Å². The minimum Gasteiger partial charge on any atom is -0.454 e. The van der Waals surface area contributed by atoms with Gasteiger partial charge in [0.25, 0.3) is 0 Å². The number of furan rings is 1. The number of rotatable bonds is 7. The van der Waals surface area contributed by atoms with Gasteiger partial charge >= 0.3 is 0 Å². The first-order valence-corrected chi connectivity index (χ1v) is 16.9.